The van der Waals surface area contributed by atoms with E-state index in [0.29, 0.717) is 25.1 Å². The summed E-state index contributed by atoms with van der Waals surface area (Å²) in [6.45, 7) is 1.81. The first-order chi connectivity index (χ1) is 8.59. The van der Waals surface area contributed by atoms with Gasteiger partial charge in [0.15, 0.2) is 0 Å². The molecule has 0 aromatic heterocycles. The van der Waals surface area contributed by atoms with Crippen molar-refractivity contribution in [1.82, 2.24) is 15.5 Å². The van der Waals surface area contributed by atoms with Crippen LogP contribution < -0.4 is 10.6 Å². The second-order valence-corrected chi connectivity index (χ2v) is 4.33. The van der Waals surface area contributed by atoms with Gasteiger partial charge in [0.25, 0.3) is 0 Å². The minimum absolute atomic E-state index is 0.215. The third kappa shape index (κ3) is 5.63. The van der Waals surface area contributed by atoms with Crippen LogP contribution >= 0.6 is 0 Å². The number of hydrogen-bond donors (Lipinski definition) is 2. The second-order valence-electron chi connectivity index (χ2n) is 4.33. The summed E-state index contributed by atoms with van der Waals surface area (Å²) in [5, 5.41) is 5.43. The van der Waals surface area contributed by atoms with Gasteiger partial charge in [-0.05, 0) is 32.1 Å². The van der Waals surface area contributed by atoms with Gasteiger partial charge in [-0.2, -0.15) is 0 Å². The molecule has 0 fully saturated rings. The number of nitrogens with zero attached hydrogens (tertiary/aromatic N) is 1. The van der Waals surface area contributed by atoms with Crippen molar-refractivity contribution >= 4 is 6.03 Å². The maximum Gasteiger partial charge on any atom is 0.314 e. The van der Waals surface area contributed by atoms with E-state index in [0.717, 1.165) is 6.54 Å². The van der Waals surface area contributed by atoms with Gasteiger partial charge >= 0.3 is 6.03 Å². The lowest BCUT2D eigenvalue weighted by molar-refractivity contribution is 0.239. The number of likely N-dealkylation sites (N-methyl/N-ethyl adjacent to an activating group) is 1. The predicted molar refractivity (Wildman–Crippen MR) is 70.1 cm³/mol. The van der Waals surface area contributed by atoms with Crippen LogP contribution in [-0.4, -0.2) is 44.7 Å². The zero-order valence-corrected chi connectivity index (χ0v) is 10.9. The van der Waals surface area contributed by atoms with Gasteiger partial charge in [0, 0.05) is 19.6 Å². The van der Waals surface area contributed by atoms with Gasteiger partial charge in [-0.15, -0.1) is 0 Å². The molecular weight excluding hydrogens is 233 g/mol. The Morgan fingerprint density at radius 2 is 1.89 bits per heavy atom. The lowest BCUT2D eigenvalue weighted by Gasteiger charge is -2.11. The standard InChI is InChI=1S/C13H20FN3O/c1-17(2)10-9-16-13(18)15-8-7-11-5-3-4-6-12(11)14/h3-6H,7-10H2,1-2H3,(H2,15,16,18). The Balaban J connectivity index is 2.18. The van der Waals surface area contributed by atoms with Crippen molar-refractivity contribution in [1.29, 1.82) is 0 Å². The molecule has 0 spiro atoms. The third-order valence-corrected chi connectivity index (χ3v) is 2.48. The number of rotatable bonds is 6. The highest BCUT2D eigenvalue weighted by Crippen LogP contribution is 2.05. The molecule has 0 aliphatic heterocycles. The van der Waals surface area contributed by atoms with Crippen LogP contribution in [0, 0.1) is 5.82 Å². The summed E-state index contributed by atoms with van der Waals surface area (Å²) in [4.78, 5) is 13.4. The van der Waals surface area contributed by atoms with Crippen molar-refractivity contribution in [2.45, 2.75) is 6.42 Å². The number of hydrogen-bond acceptors (Lipinski definition) is 2. The first kappa shape index (κ1) is 14.4. The van der Waals surface area contributed by atoms with E-state index in [2.05, 4.69) is 10.6 Å². The van der Waals surface area contributed by atoms with E-state index >= 15 is 0 Å². The summed E-state index contributed by atoms with van der Waals surface area (Å²) in [6.07, 6.45) is 0.494. The van der Waals surface area contributed by atoms with Crippen molar-refractivity contribution in [3.8, 4) is 0 Å². The van der Waals surface area contributed by atoms with Crippen LogP contribution in [0.15, 0.2) is 24.3 Å². The summed E-state index contributed by atoms with van der Waals surface area (Å²) >= 11 is 0. The van der Waals surface area contributed by atoms with Crippen LogP contribution in [0.25, 0.3) is 0 Å². The molecule has 0 radical (unpaired) electrons. The van der Waals surface area contributed by atoms with Crippen molar-refractivity contribution in [2.75, 3.05) is 33.7 Å². The molecule has 100 valence electrons. The van der Waals surface area contributed by atoms with Gasteiger partial charge < -0.3 is 15.5 Å². The molecular formula is C13H20FN3O. The molecule has 5 heteroatoms. The van der Waals surface area contributed by atoms with E-state index in [-0.39, 0.29) is 11.8 Å². The largest absolute Gasteiger partial charge is 0.338 e. The van der Waals surface area contributed by atoms with Crippen LogP contribution in [-0.2, 0) is 6.42 Å². The van der Waals surface area contributed by atoms with Gasteiger partial charge in [0.05, 0.1) is 0 Å². The quantitative estimate of drug-likeness (QED) is 0.801. The number of nitrogens with one attached hydrogen (secondary N) is 2. The second kappa shape index (κ2) is 7.66. The molecule has 0 unspecified atom stereocenters. The summed E-state index contributed by atoms with van der Waals surface area (Å²) in [6, 6.07) is 6.37. The molecule has 0 atom stereocenters. The van der Waals surface area contributed by atoms with Gasteiger partial charge in [-0.1, -0.05) is 18.2 Å². The van der Waals surface area contributed by atoms with Crippen molar-refractivity contribution in [3.63, 3.8) is 0 Å². The van der Waals surface area contributed by atoms with Crippen LogP contribution in [0.5, 0.6) is 0 Å². The first-order valence-electron chi connectivity index (χ1n) is 5.99. The molecule has 0 saturated carbocycles. The topological polar surface area (TPSA) is 44.4 Å². The Hall–Kier alpha value is -1.62. The Bertz CT molecular complexity index is 382. The highest BCUT2D eigenvalue weighted by Gasteiger charge is 2.02. The minimum atomic E-state index is -0.229. The number of urea groups is 1. The number of halogens is 1. The SMILES string of the molecule is CN(C)CCNC(=O)NCCc1ccccc1F. The number of benzene rings is 1. The minimum Gasteiger partial charge on any atom is -0.338 e. The molecule has 0 aliphatic rings. The lowest BCUT2D eigenvalue weighted by atomic mass is 10.1. The Morgan fingerprint density at radius 1 is 1.22 bits per heavy atom. The molecule has 1 aromatic rings. The average Bonchev–Trinajstić information content (AvgIpc) is 2.31. The van der Waals surface area contributed by atoms with E-state index in [1.165, 1.54) is 6.07 Å². The molecule has 4 nitrogen and oxygen atoms in total. The molecule has 0 bridgehead atoms. The van der Waals surface area contributed by atoms with Crippen molar-refractivity contribution in [2.24, 2.45) is 0 Å². The van der Waals surface area contributed by atoms with Gasteiger partial charge in [0.2, 0.25) is 0 Å². The van der Waals surface area contributed by atoms with E-state index in [9.17, 15) is 9.18 Å². The van der Waals surface area contributed by atoms with Crippen molar-refractivity contribution in [3.05, 3.63) is 35.6 Å². The maximum absolute atomic E-state index is 13.3. The molecule has 18 heavy (non-hydrogen) atoms. The first-order valence-corrected chi connectivity index (χ1v) is 5.99. The Kier molecular flexibility index (Phi) is 6.14. The smallest absolute Gasteiger partial charge is 0.314 e. The van der Waals surface area contributed by atoms with Crippen LogP contribution in [0.2, 0.25) is 0 Å². The average molecular weight is 253 g/mol. The summed E-state index contributed by atoms with van der Waals surface area (Å²) < 4.78 is 13.3. The van der Waals surface area contributed by atoms with Gasteiger partial charge in [-0.3, -0.25) is 0 Å². The van der Waals surface area contributed by atoms with Gasteiger partial charge in [-0.25, -0.2) is 9.18 Å². The molecule has 0 aliphatic carbocycles. The number of carbonyl (C=O) groups is 1. The zero-order valence-electron chi connectivity index (χ0n) is 10.9. The van der Waals surface area contributed by atoms with E-state index < -0.39 is 0 Å². The molecule has 0 heterocycles. The Morgan fingerprint density at radius 3 is 2.56 bits per heavy atom. The zero-order chi connectivity index (χ0) is 13.4. The monoisotopic (exact) mass is 253 g/mol. The number of carbonyl (C=O) groups excluding carboxylic acids is 1. The van der Waals surface area contributed by atoms with Crippen LogP contribution in [0.1, 0.15) is 5.56 Å². The lowest BCUT2D eigenvalue weighted by Crippen LogP contribution is -2.39. The van der Waals surface area contributed by atoms with Gasteiger partial charge in [0.1, 0.15) is 5.82 Å². The van der Waals surface area contributed by atoms with E-state index in [4.69, 9.17) is 0 Å². The fourth-order valence-corrected chi connectivity index (χ4v) is 1.47. The molecule has 1 rings (SSSR count). The normalized spacial score (nSPS) is 10.4. The molecule has 2 N–H and O–H groups in total. The Labute approximate surface area is 107 Å². The summed E-state index contributed by atoms with van der Waals surface area (Å²) in [7, 11) is 3.88. The van der Waals surface area contributed by atoms with E-state index in [1.807, 2.05) is 19.0 Å². The molecule has 0 saturated heterocycles. The third-order valence-electron chi connectivity index (χ3n) is 2.48. The highest BCUT2D eigenvalue weighted by molar-refractivity contribution is 5.73. The molecule has 2 amide bonds. The van der Waals surface area contributed by atoms with Crippen LogP contribution in [0.3, 0.4) is 0 Å². The van der Waals surface area contributed by atoms with Crippen LogP contribution in [0.4, 0.5) is 9.18 Å². The molecule has 1 aromatic carbocycles. The fourth-order valence-electron chi connectivity index (χ4n) is 1.47. The number of amides is 2. The summed E-state index contributed by atoms with van der Waals surface area (Å²) in [5.41, 5.74) is 0.617. The fraction of sp³-hybridized carbons (Fsp3) is 0.462. The highest BCUT2D eigenvalue weighted by atomic mass is 19.1. The van der Waals surface area contributed by atoms with Crippen molar-refractivity contribution < 1.29 is 9.18 Å². The predicted octanol–water partition coefficient (Wildman–Crippen LogP) is 1.23. The summed E-state index contributed by atoms with van der Waals surface area (Å²) in [5.74, 6) is -0.229. The maximum atomic E-state index is 13.3. The van der Waals surface area contributed by atoms with E-state index in [1.54, 1.807) is 18.2 Å².